The van der Waals surface area contributed by atoms with Crippen LogP contribution in [-0.2, 0) is 4.79 Å². The van der Waals surface area contributed by atoms with Gasteiger partial charge in [0.05, 0.1) is 24.1 Å². The minimum absolute atomic E-state index is 0.174. The number of carbonyl (C=O) groups excluding carboxylic acids is 1. The van der Waals surface area contributed by atoms with E-state index in [4.69, 9.17) is 4.74 Å². The molecule has 4 aliphatic heterocycles. The van der Waals surface area contributed by atoms with Gasteiger partial charge in [-0.15, -0.1) is 0 Å². The summed E-state index contributed by atoms with van der Waals surface area (Å²) in [5.74, 6) is 1.42. The van der Waals surface area contributed by atoms with E-state index in [1.165, 1.54) is 10.9 Å². The maximum atomic E-state index is 13.3. The zero-order valence-corrected chi connectivity index (χ0v) is 15.8. The maximum Gasteiger partial charge on any atom is 0.150 e. The Labute approximate surface area is 154 Å². The number of ether oxygens (including phenoxy) is 1. The third-order valence-corrected chi connectivity index (χ3v) is 7.23. The lowest BCUT2D eigenvalue weighted by atomic mass is 9.58. The Kier molecular flexibility index (Phi) is 3.35. The molecule has 4 bridgehead atoms. The number of hydrogen-bond acceptors (Lipinski definition) is 4. The number of hydrogen-bond donors (Lipinski definition) is 1. The van der Waals surface area contributed by atoms with Crippen LogP contribution >= 0.6 is 0 Å². The van der Waals surface area contributed by atoms with Crippen LogP contribution in [0.2, 0.25) is 0 Å². The highest BCUT2D eigenvalue weighted by molar-refractivity contribution is 5.93. The lowest BCUT2D eigenvalue weighted by Gasteiger charge is -2.66. The Morgan fingerprint density at radius 2 is 1.73 bits per heavy atom. The average Bonchev–Trinajstić information content (AvgIpc) is 3.07. The van der Waals surface area contributed by atoms with Crippen LogP contribution in [0.4, 0.5) is 0 Å². The fraction of sp³-hybridized carbons (Fsp3) is 0.571. The van der Waals surface area contributed by atoms with Crippen molar-refractivity contribution >= 4 is 16.7 Å². The van der Waals surface area contributed by atoms with Crippen molar-refractivity contribution in [1.82, 2.24) is 14.8 Å². The van der Waals surface area contributed by atoms with Crippen molar-refractivity contribution < 1.29 is 9.53 Å². The molecule has 4 aliphatic rings. The number of ketones is 1. The number of piperidine rings is 2. The Balaban J connectivity index is 1.60. The number of nitrogens with zero attached hydrogens (tertiary/aromatic N) is 2. The van der Waals surface area contributed by atoms with E-state index < -0.39 is 0 Å². The Morgan fingerprint density at radius 1 is 1.12 bits per heavy atom. The summed E-state index contributed by atoms with van der Waals surface area (Å²) in [6, 6.07) is 6.21. The molecule has 0 radical (unpaired) electrons. The number of benzene rings is 1. The molecule has 2 aromatic rings. The van der Waals surface area contributed by atoms with Gasteiger partial charge in [-0.3, -0.25) is 14.6 Å². The number of Topliss-reactive ketones (excluding diaryl/α,β-unsaturated/α-hetero) is 1. The molecular weight excluding hydrogens is 326 g/mol. The topological polar surface area (TPSA) is 48.6 Å². The first-order chi connectivity index (χ1) is 12.6. The van der Waals surface area contributed by atoms with E-state index in [2.05, 4.69) is 47.0 Å². The molecule has 1 aromatic carbocycles. The van der Waals surface area contributed by atoms with Crippen molar-refractivity contribution in [3.8, 4) is 5.75 Å². The van der Waals surface area contributed by atoms with Crippen LogP contribution in [0.15, 0.2) is 24.4 Å². The van der Waals surface area contributed by atoms with Crippen LogP contribution in [-0.4, -0.2) is 53.9 Å². The van der Waals surface area contributed by atoms with E-state index in [9.17, 15) is 4.79 Å². The third-order valence-electron chi connectivity index (χ3n) is 7.23. The number of H-pyrrole nitrogens is 1. The van der Waals surface area contributed by atoms with Gasteiger partial charge in [-0.25, -0.2) is 0 Å². The third kappa shape index (κ3) is 1.90. The molecule has 0 atom stereocenters. The number of methoxy groups -OCH3 is 1. The molecule has 0 saturated carbocycles. The first-order valence-corrected chi connectivity index (χ1v) is 9.74. The predicted octanol–water partition coefficient (Wildman–Crippen LogP) is 3.18. The number of carbonyl (C=O) groups is 1. The SMILES string of the molecule is CCC12CN3CC(CC)(CN(C1)C3c1c[nH]c3ccc(OC)cc13)C2=O. The van der Waals surface area contributed by atoms with Gasteiger partial charge in [0.1, 0.15) is 11.5 Å². The van der Waals surface area contributed by atoms with E-state index >= 15 is 0 Å². The zero-order valence-electron chi connectivity index (χ0n) is 15.8. The molecule has 0 amide bonds. The number of rotatable bonds is 4. The summed E-state index contributed by atoms with van der Waals surface area (Å²) in [7, 11) is 1.71. The maximum absolute atomic E-state index is 13.3. The van der Waals surface area contributed by atoms with E-state index in [-0.39, 0.29) is 17.0 Å². The Morgan fingerprint density at radius 3 is 2.27 bits per heavy atom. The Hall–Kier alpha value is -1.85. The molecule has 26 heavy (non-hydrogen) atoms. The summed E-state index contributed by atoms with van der Waals surface area (Å²) in [5.41, 5.74) is 2.10. The number of aromatic nitrogens is 1. The normalized spacial score (nSPS) is 38.3. The molecule has 4 saturated heterocycles. The first kappa shape index (κ1) is 16.3. The second-order valence-corrected chi connectivity index (χ2v) is 8.44. The van der Waals surface area contributed by atoms with Gasteiger partial charge in [-0.2, -0.15) is 0 Å². The molecule has 138 valence electrons. The van der Waals surface area contributed by atoms with Crippen molar-refractivity contribution in [2.24, 2.45) is 10.8 Å². The van der Waals surface area contributed by atoms with E-state index in [1.807, 2.05) is 6.07 Å². The van der Waals surface area contributed by atoms with Crippen LogP contribution in [0.5, 0.6) is 5.75 Å². The number of nitrogens with one attached hydrogen (secondary N) is 1. The molecule has 5 heteroatoms. The van der Waals surface area contributed by atoms with E-state index in [1.54, 1.807) is 7.11 Å². The van der Waals surface area contributed by atoms with Gasteiger partial charge in [-0.05, 0) is 31.0 Å². The van der Waals surface area contributed by atoms with Crippen LogP contribution in [0.3, 0.4) is 0 Å². The fourth-order valence-corrected chi connectivity index (χ4v) is 5.82. The minimum Gasteiger partial charge on any atom is -0.497 e. The summed E-state index contributed by atoms with van der Waals surface area (Å²) >= 11 is 0. The molecule has 1 aromatic heterocycles. The van der Waals surface area contributed by atoms with Gasteiger partial charge >= 0.3 is 0 Å². The van der Waals surface area contributed by atoms with Gasteiger partial charge < -0.3 is 9.72 Å². The molecular formula is C21H27N3O2. The zero-order chi connectivity index (χ0) is 18.1. The standard InChI is InChI=1S/C21H27N3O2/c1-4-20-10-23-12-21(5-2,19(20)25)13-24(11-20)18(23)16-9-22-17-7-6-14(26-3)8-15(16)17/h6-9,18,22H,4-5,10-13H2,1-3H3. The Bertz CT molecular complexity index is 845. The molecule has 0 spiro atoms. The molecule has 5 nitrogen and oxygen atoms in total. The summed E-state index contributed by atoms with van der Waals surface area (Å²) in [6.07, 6.45) is 4.28. The molecule has 0 aliphatic carbocycles. The lowest BCUT2D eigenvalue weighted by molar-refractivity contribution is -0.204. The van der Waals surface area contributed by atoms with E-state index in [0.717, 1.165) is 50.3 Å². The van der Waals surface area contributed by atoms with Gasteiger partial charge in [0.15, 0.2) is 0 Å². The molecule has 5 heterocycles. The monoisotopic (exact) mass is 353 g/mol. The predicted molar refractivity (Wildman–Crippen MR) is 101 cm³/mol. The number of fused-ring (bicyclic) bond motifs is 1. The second-order valence-electron chi connectivity index (χ2n) is 8.44. The summed E-state index contributed by atoms with van der Waals surface area (Å²) < 4.78 is 5.45. The fourth-order valence-electron chi connectivity index (χ4n) is 5.82. The quantitative estimate of drug-likeness (QED) is 0.917. The van der Waals surface area contributed by atoms with Crippen LogP contribution in [0.25, 0.3) is 10.9 Å². The average molecular weight is 353 g/mol. The minimum atomic E-state index is -0.174. The second kappa shape index (κ2) is 5.33. The van der Waals surface area contributed by atoms with Crippen molar-refractivity contribution in [2.45, 2.75) is 32.9 Å². The summed E-state index contributed by atoms with van der Waals surface area (Å²) in [5, 5.41) is 1.23. The van der Waals surface area contributed by atoms with Crippen molar-refractivity contribution in [2.75, 3.05) is 33.3 Å². The number of aromatic amines is 1. The summed E-state index contributed by atoms with van der Waals surface area (Å²) in [4.78, 5) is 21.8. The van der Waals surface area contributed by atoms with Crippen LogP contribution < -0.4 is 4.74 Å². The van der Waals surface area contributed by atoms with Crippen molar-refractivity contribution in [3.05, 3.63) is 30.0 Å². The lowest BCUT2D eigenvalue weighted by Crippen LogP contribution is -2.76. The smallest absolute Gasteiger partial charge is 0.150 e. The highest BCUT2D eigenvalue weighted by Gasteiger charge is 2.64. The molecule has 6 rings (SSSR count). The highest BCUT2D eigenvalue weighted by Crippen LogP contribution is 2.55. The van der Waals surface area contributed by atoms with Gasteiger partial charge in [0.2, 0.25) is 0 Å². The van der Waals surface area contributed by atoms with Gasteiger partial charge in [-0.1, -0.05) is 13.8 Å². The van der Waals surface area contributed by atoms with E-state index in [0.29, 0.717) is 5.78 Å². The molecule has 4 fully saturated rings. The van der Waals surface area contributed by atoms with Crippen LogP contribution in [0, 0.1) is 10.8 Å². The largest absolute Gasteiger partial charge is 0.497 e. The van der Waals surface area contributed by atoms with Gasteiger partial charge in [0.25, 0.3) is 0 Å². The van der Waals surface area contributed by atoms with Crippen molar-refractivity contribution in [3.63, 3.8) is 0 Å². The van der Waals surface area contributed by atoms with Crippen molar-refractivity contribution in [1.29, 1.82) is 0 Å². The van der Waals surface area contributed by atoms with Crippen LogP contribution in [0.1, 0.15) is 38.4 Å². The van der Waals surface area contributed by atoms with Gasteiger partial charge in [0, 0.05) is 48.8 Å². The molecule has 1 N–H and O–H groups in total. The summed E-state index contributed by atoms with van der Waals surface area (Å²) in [6.45, 7) is 7.93. The first-order valence-electron chi connectivity index (χ1n) is 9.74. The molecule has 0 unspecified atom stereocenters. The highest BCUT2D eigenvalue weighted by atomic mass is 16.5.